The predicted molar refractivity (Wildman–Crippen MR) is 144 cm³/mol. The fourth-order valence-electron chi connectivity index (χ4n) is 4.31. The number of pyridine rings is 1. The third-order valence-corrected chi connectivity index (χ3v) is 8.25. The molecule has 0 bridgehead atoms. The quantitative estimate of drug-likeness (QED) is 0.274. The molecule has 3 aromatic heterocycles. The molecule has 1 fully saturated rings. The first-order valence-electron chi connectivity index (χ1n) is 11.7. The molecule has 1 aliphatic rings. The number of aromatic nitrogens is 4. The number of imidazole rings is 1. The summed E-state index contributed by atoms with van der Waals surface area (Å²) in [6.45, 7) is 5.03. The van der Waals surface area contributed by atoms with Crippen LogP contribution in [0.1, 0.15) is 44.6 Å². The maximum absolute atomic E-state index is 13.2. The molecule has 0 atom stereocenters. The molecule has 0 aliphatic carbocycles. The van der Waals surface area contributed by atoms with Gasteiger partial charge in [-0.05, 0) is 37.1 Å². The first-order valence-corrected chi connectivity index (χ1v) is 13.6. The van der Waals surface area contributed by atoms with Crippen molar-refractivity contribution < 1.29 is 9.59 Å². The third-order valence-electron chi connectivity index (χ3n) is 6.24. The second kappa shape index (κ2) is 10.6. The summed E-state index contributed by atoms with van der Waals surface area (Å²) in [5.41, 5.74) is 2.80. The van der Waals surface area contributed by atoms with Gasteiger partial charge in [-0.25, -0.2) is 15.0 Å². The van der Waals surface area contributed by atoms with E-state index in [1.807, 2.05) is 46.8 Å². The minimum Gasteiger partial charge on any atom is -0.339 e. The van der Waals surface area contributed by atoms with Crippen LogP contribution >= 0.6 is 23.1 Å². The summed E-state index contributed by atoms with van der Waals surface area (Å²) in [5.74, 6) is 1.15. The van der Waals surface area contributed by atoms with Gasteiger partial charge in [0.15, 0.2) is 0 Å². The molecule has 1 aromatic carbocycles. The van der Waals surface area contributed by atoms with E-state index in [9.17, 15) is 9.59 Å². The Kier molecular flexibility index (Phi) is 7.15. The standard InChI is InChI=1S/C26H26N6O2S2/c1-3-15-35-24-18(7-6-12-27-24)25(34)32-13-10-17(11-14-32)23-28-20(16-36-23)22(33)30-26-29-19-8-4-5-9-21(19)31(26)2/h3-9,12,16-17H,1,10-11,13-15H2,2H3,(H,29,30,33). The van der Waals surface area contributed by atoms with Crippen LogP contribution in [0.2, 0.25) is 0 Å². The van der Waals surface area contributed by atoms with Crippen molar-refractivity contribution in [1.82, 2.24) is 24.4 Å². The molecule has 1 N–H and O–H groups in total. The number of rotatable bonds is 7. The maximum atomic E-state index is 13.2. The average molecular weight is 519 g/mol. The fourth-order valence-corrected chi connectivity index (χ4v) is 6.00. The van der Waals surface area contributed by atoms with E-state index in [-0.39, 0.29) is 17.7 Å². The van der Waals surface area contributed by atoms with Crippen LogP contribution in [0.3, 0.4) is 0 Å². The minimum absolute atomic E-state index is 0.00905. The van der Waals surface area contributed by atoms with E-state index in [1.54, 1.807) is 23.7 Å². The molecular weight excluding hydrogens is 492 g/mol. The number of aryl methyl sites for hydroxylation is 1. The zero-order valence-corrected chi connectivity index (χ0v) is 21.5. The summed E-state index contributed by atoms with van der Waals surface area (Å²) in [6.07, 6.45) is 5.13. The van der Waals surface area contributed by atoms with Crippen LogP contribution < -0.4 is 5.32 Å². The maximum Gasteiger partial charge on any atom is 0.277 e. The van der Waals surface area contributed by atoms with Gasteiger partial charge < -0.3 is 9.47 Å². The van der Waals surface area contributed by atoms with Crippen LogP contribution in [0, 0.1) is 0 Å². The van der Waals surface area contributed by atoms with Gasteiger partial charge in [0.05, 0.1) is 21.6 Å². The summed E-state index contributed by atoms with van der Waals surface area (Å²) in [4.78, 5) is 41.4. The lowest BCUT2D eigenvalue weighted by Gasteiger charge is -2.31. The molecule has 1 saturated heterocycles. The van der Waals surface area contributed by atoms with E-state index in [2.05, 4.69) is 26.8 Å². The van der Waals surface area contributed by atoms with Crippen molar-refractivity contribution in [2.45, 2.75) is 23.8 Å². The molecule has 0 radical (unpaired) electrons. The largest absolute Gasteiger partial charge is 0.339 e. The number of thiazole rings is 1. The highest BCUT2D eigenvalue weighted by molar-refractivity contribution is 7.99. The highest BCUT2D eigenvalue weighted by Gasteiger charge is 2.28. The lowest BCUT2D eigenvalue weighted by atomic mass is 9.97. The number of carbonyl (C=O) groups is 2. The number of amides is 2. The summed E-state index contributed by atoms with van der Waals surface area (Å²) in [5, 5.41) is 6.35. The number of likely N-dealkylation sites (tertiary alicyclic amines) is 1. The van der Waals surface area contributed by atoms with Gasteiger partial charge in [0.25, 0.3) is 11.8 Å². The normalized spacial score (nSPS) is 14.2. The number of fused-ring (bicyclic) bond motifs is 1. The summed E-state index contributed by atoms with van der Waals surface area (Å²) in [6, 6.07) is 11.4. The van der Waals surface area contributed by atoms with E-state index in [4.69, 9.17) is 0 Å². The molecule has 0 saturated carbocycles. The number of nitrogens with zero attached hydrogens (tertiary/aromatic N) is 5. The molecule has 1 aliphatic heterocycles. The summed E-state index contributed by atoms with van der Waals surface area (Å²) in [7, 11) is 1.87. The van der Waals surface area contributed by atoms with Crippen molar-refractivity contribution in [3.05, 3.63) is 76.9 Å². The van der Waals surface area contributed by atoms with E-state index < -0.39 is 0 Å². The van der Waals surface area contributed by atoms with E-state index in [0.29, 0.717) is 36.0 Å². The number of para-hydroxylation sites is 2. The molecule has 8 nitrogen and oxygen atoms in total. The molecule has 10 heteroatoms. The van der Waals surface area contributed by atoms with Crippen molar-refractivity contribution in [2.75, 3.05) is 24.2 Å². The molecule has 5 rings (SSSR count). The fraction of sp³-hybridized carbons (Fsp3) is 0.269. The van der Waals surface area contributed by atoms with Crippen LogP contribution in [0.5, 0.6) is 0 Å². The second-order valence-electron chi connectivity index (χ2n) is 8.53. The summed E-state index contributed by atoms with van der Waals surface area (Å²) < 4.78 is 1.86. The Bertz CT molecular complexity index is 1420. The van der Waals surface area contributed by atoms with Gasteiger partial charge in [-0.3, -0.25) is 14.9 Å². The Hall–Kier alpha value is -3.50. The Balaban J connectivity index is 1.21. The number of hydrogen-bond acceptors (Lipinski definition) is 7. The Labute approximate surface area is 217 Å². The molecule has 184 valence electrons. The second-order valence-corrected chi connectivity index (χ2v) is 10.4. The third kappa shape index (κ3) is 4.91. The highest BCUT2D eigenvalue weighted by atomic mass is 32.2. The number of benzene rings is 1. The smallest absolute Gasteiger partial charge is 0.277 e. The number of nitrogens with one attached hydrogen (secondary N) is 1. The number of hydrogen-bond donors (Lipinski definition) is 1. The molecule has 0 unspecified atom stereocenters. The highest BCUT2D eigenvalue weighted by Crippen LogP contribution is 2.32. The Morgan fingerprint density at radius 3 is 2.78 bits per heavy atom. The predicted octanol–water partition coefficient (Wildman–Crippen LogP) is 4.98. The van der Waals surface area contributed by atoms with Crippen LogP contribution in [0.15, 0.2) is 65.7 Å². The first-order chi connectivity index (χ1) is 17.5. The lowest BCUT2D eigenvalue weighted by molar-refractivity contribution is 0.0708. The van der Waals surface area contributed by atoms with Crippen LogP contribution in [-0.2, 0) is 7.05 Å². The average Bonchev–Trinajstić information content (AvgIpc) is 3.53. The Morgan fingerprint density at radius 1 is 1.19 bits per heavy atom. The van der Waals surface area contributed by atoms with Gasteiger partial charge in [-0.2, -0.15) is 0 Å². The lowest BCUT2D eigenvalue weighted by Crippen LogP contribution is -2.38. The first kappa shape index (κ1) is 24.2. The van der Waals surface area contributed by atoms with Gasteiger partial charge in [-0.1, -0.05) is 18.2 Å². The molecule has 4 aromatic rings. The van der Waals surface area contributed by atoms with Gasteiger partial charge in [0.1, 0.15) is 10.7 Å². The zero-order chi connectivity index (χ0) is 25.1. The number of thioether (sulfide) groups is 1. The van der Waals surface area contributed by atoms with Crippen molar-refractivity contribution in [3.63, 3.8) is 0 Å². The van der Waals surface area contributed by atoms with Crippen molar-refractivity contribution in [1.29, 1.82) is 0 Å². The van der Waals surface area contributed by atoms with Crippen molar-refractivity contribution >= 4 is 51.9 Å². The van der Waals surface area contributed by atoms with Crippen LogP contribution in [0.25, 0.3) is 11.0 Å². The minimum atomic E-state index is -0.273. The topological polar surface area (TPSA) is 93.0 Å². The zero-order valence-electron chi connectivity index (χ0n) is 19.9. The van der Waals surface area contributed by atoms with E-state index in [1.165, 1.54) is 23.1 Å². The Morgan fingerprint density at radius 2 is 2.00 bits per heavy atom. The van der Waals surface area contributed by atoms with Gasteiger partial charge in [0.2, 0.25) is 5.95 Å². The molecular formula is C26H26N6O2S2. The van der Waals surface area contributed by atoms with Crippen LogP contribution in [0.4, 0.5) is 5.95 Å². The van der Waals surface area contributed by atoms with Gasteiger partial charge in [-0.15, -0.1) is 29.7 Å². The summed E-state index contributed by atoms with van der Waals surface area (Å²) >= 11 is 3.01. The van der Waals surface area contributed by atoms with E-state index in [0.717, 1.165) is 33.9 Å². The van der Waals surface area contributed by atoms with Crippen molar-refractivity contribution in [3.8, 4) is 0 Å². The van der Waals surface area contributed by atoms with E-state index >= 15 is 0 Å². The monoisotopic (exact) mass is 518 g/mol. The van der Waals surface area contributed by atoms with Crippen molar-refractivity contribution in [2.24, 2.45) is 7.05 Å². The SMILES string of the molecule is C=CCSc1ncccc1C(=O)N1CCC(c2nc(C(=O)Nc3nc4ccccc4n3C)cs2)CC1. The van der Waals surface area contributed by atoms with Crippen LogP contribution in [-0.4, -0.2) is 55.1 Å². The number of carbonyl (C=O) groups excluding carboxylic acids is 2. The molecule has 36 heavy (non-hydrogen) atoms. The molecule has 0 spiro atoms. The van der Waals surface area contributed by atoms with Gasteiger partial charge in [0, 0.05) is 43.4 Å². The number of anilines is 1. The molecule has 4 heterocycles. The van der Waals surface area contributed by atoms with Gasteiger partial charge >= 0.3 is 0 Å². The molecule has 2 amide bonds. The number of piperidine rings is 1.